The Balaban J connectivity index is 1.99. The Morgan fingerprint density at radius 3 is 2.62 bits per heavy atom. The van der Waals surface area contributed by atoms with Crippen LogP contribution in [0.25, 0.3) is 0 Å². The molecule has 0 unspecified atom stereocenters. The minimum atomic E-state index is -3.80. The molecule has 0 fully saturated rings. The highest BCUT2D eigenvalue weighted by Crippen LogP contribution is 2.35. The second-order valence-electron chi connectivity index (χ2n) is 6.50. The first-order valence-electron chi connectivity index (χ1n) is 8.46. The van der Waals surface area contributed by atoms with Crippen LogP contribution in [-0.4, -0.2) is 27.5 Å². The highest BCUT2D eigenvalue weighted by molar-refractivity contribution is 7.92. The van der Waals surface area contributed by atoms with Gasteiger partial charge in [0.2, 0.25) is 5.91 Å². The summed E-state index contributed by atoms with van der Waals surface area (Å²) >= 11 is 0. The third-order valence-corrected chi connectivity index (χ3v) is 5.67. The van der Waals surface area contributed by atoms with Crippen molar-refractivity contribution in [2.24, 2.45) is 0 Å². The molecular weight excluding hydrogens is 352 g/mol. The Morgan fingerprint density at radius 1 is 1.19 bits per heavy atom. The van der Waals surface area contributed by atoms with Crippen LogP contribution in [0.15, 0.2) is 47.4 Å². The molecule has 1 aliphatic heterocycles. The number of para-hydroxylation sites is 1. The zero-order valence-electron chi connectivity index (χ0n) is 15.0. The number of amides is 1. The molecular formula is C19H22N2O4S. The zero-order valence-corrected chi connectivity index (χ0v) is 15.8. The molecule has 3 rings (SSSR count). The van der Waals surface area contributed by atoms with Crippen LogP contribution < -0.4 is 14.4 Å². The number of carbonyl (C=O) groups is 1. The molecule has 1 N–H and O–H groups in total. The van der Waals surface area contributed by atoms with Crippen molar-refractivity contribution in [1.82, 2.24) is 0 Å². The fourth-order valence-corrected chi connectivity index (χ4v) is 4.10. The first-order valence-corrected chi connectivity index (χ1v) is 9.94. The SMILES string of the molecule is CC(=O)N1CCOc2ccc(S(=O)(=O)Nc3ccccc3C(C)C)cc21. The van der Waals surface area contributed by atoms with Gasteiger partial charge in [-0.3, -0.25) is 9.52 Å². The van der Waals surface area contributed by atoms with Gasteiger partial charge in [0.25, 0.3) is 10.0 Å². The maximum Gasteiger partial charge on any atom is 0.261 e. The fourth-order valence-electron chi connectivity index (χ4n) is 2.99. The van der Waals surface area contributed by atoms with E-state index >= 15 is 0 Å². The second kappa shape index (κ2) is 6.99. The van der Waals surface area contributed by atoms with Crippen molar-refractivity contribution >= 4 is 27.3 Å². The lowest BCUT2D eigenvalue weighted by atomic mass is 10.0. The molecule has 0 bridgehead atoms. The van der Waals surface area contributed by atoms with Crippen LogP contribution in [-0.2, 0) is 14.8 Å². The number of rotatable bonds is 4. The number of ether oxygens (including phenoxy) is 1. The summed E-state index contributed by atoms with van der Waals surface area (Å²) in [6.45, 7) is 6.25. The summed E-state index contributed by atoms with van der Waals surface area (Å²) in [7, 11) is -3.80. The van der Waals surface area contributed by atoms with Gasteiger partial charge in [-0.15, -0.1) is 0 Å². The van der Waals surface area contributed by atoms with Gasteiger partial charge in [-0.05, 0) is 35.7 Å². The van der Waals surface area contributed by atoms with E-state index in [0.717, 1.165) is 5.56 Å². The van der Waals surface area contributed by atoms with Crippen LogP contribution in [0.5, 0.6) is 5.75 Å². The molecule has 7 heteroatoms. The number of carbonyl (C=O) groups excluding carboxylic acids is 1. The van der Waals surface area contributed by atoms with Crippen LogP contribution in [0.2, 0.25) is 0 Å². The van der Waals surface area contributed by atoms with Gasteiger partial charge in [0.15, 0.2) is 0 Å². The minimum absolute atomic E-state index is 0.0894. The number of sulfonamides is 1. The lowest BCUT2D eigenvalue weighted by Gasteiger charge is -2.29. The van der Waals surface area contributed by atoms with E-state index in [-0.39, 0.29) is 16.7 Å². The third-order valence-electron chi connectivity index (χ3n) is 4.31. The lowest BCUT2D eigenvalue weighted by Crippen LogP contribution is -2.36. The quantitative estimate of drug-likeness (QED) is 0.890. The van der Waals surface area contributed by atoms with Crippen LogP contribution >= 0.6 is 0 Å². The average molecular weight is 374 g/mol. The summed E-state index contributed by atoms with van der Waals surface area (Å²) in [5.41, 5.74) is 1.95. The van der Waals surface area contributed by atoms with Crippen molar-refractivity contribution in [3.05, 3.63) is 48.0 Å². The first kappa shape index (κ1) is 18.3. The van der Waals surface area contributed by atoms with Gasteiger partial charge in [-0.2, -0.15) is 0 Å². The first-order chi connectivity index (χ1) is 12.3. The number of nitrogens with one attached hydrogen (secondary N) is 1. The standard InChI is InChI=1S/C19H22N2O4S/c1-13(2)16-6-4-5-7-17(16)20-26(23,24)15-8-9-19-18(12-15)21(14(3)22)10-11-25-19/h4-9,12-13,20H,10-11H2,1-3H3. The third kappa shape index (κ3) is 3.53. The van der Waals surface area contributed by atoms with Gasteiger partial charge in [0.1, 0.15) is 12.4 Å². The Bertz CT molecular complexity index is 938. The molecule has 1 heterocycles. The van der Waals surface area contributed by atoms with Gasteiger partial charge in [-0.1, -0.05) is 32.0 Å². The number of hydrogen-bond donors (Lipinski definition) is 1. The van der Waals surface area contributed by atoms with E-state index in [2.05, 4.69) is 4.72 Å². The number of anilines is 2. The lowest BCUT2D eigenvalue weighted by molar-refractivity contribution is -0.116. The molecule has 0 aliphatic carbocycles. The van der Waals surface area contributed by atoms with Crippen molar-refractivity contribution in [1.29, 1.82) is 0 Å². The molecule has 0 saturated heterocycles. The molecule has 0 spiro atoms. The largest absolute Gasteiger partial charge is 0.490 e. The zero-order chi connectivity index (χ0) is 18.9. The van der Waals surface area contributed by atoms with Crippen molar-refractivity contribution in [2.75, 3.05) is 22.8 Å². The molecule has 6 nitrogen and oxygen atoms in total. The van der Waals surface area contributed by atoms with E-state index in [1.807, 2.05) is 26.0 Å². The highest BCUT2D eigenvalue weighted by Gasteiger charge is 2.25. The molecule has 2 aromatic rings. The van der Waals surface area contributed by atoms with Crippen molar-refractivity contribution < 1.29 is 17.9 Å². The number of nitrogens with zero attached hydrogens (tertiary/aromatic N) is 1. The normalized spacial score (nSPS) is 13.9. The van der Waals surface area contributed by atoms with E-state index in [1.165, 1.54) is 24.0 Å². The van der Waals surface area contributed by atoms with Gasteiger partial charge in [-0.25, -0.2) is 8.42 Å². The van der Waals surface area contributed by atoms with Crippen LogP contribution in [0.1, 0.15) is 32.3 Å². The maximum atomic E-state index is 12.9. The van der Waals surface area contributed by atoms with Crippen LogP contribution in [0, 0.1) is 0 Å². The number of hydrogen-bond acceptors (Lipinski definition) is 4. The minimum Gasteiger partial charge on any atom is -0.490 e. The van der Waals surface area contributed by atoms with Gasteiger partial charge >= 0.3 is 0 Å². The van der Waals surface area contributed by atoms with Crippen molar-refractivity contribution in [2.45, 2.75) is 31.6 Å². The Labute approximate surface area is 153 Å². The molecule has 0 aromatic heterocycles. The van der Waals surface area contributed by atoms with Crippen LogP contribution in [0.4, 0.5) is 11.4 Å². The van der Waals surface area contributed by atoms with Gasteiger partial charge < -0.3 is 9.64 Å². The van der Waals surface area contributed by atoms with E-state index in [0.29, 0.717) is 30.3 Å². The molecule has 0 radical (unpaired) electrons. The predicted molar refractivity (Wildman–Crippen MR) is 101 cm³/mol. The molecule has 1 amide bonds. The molecule has 138 valence electrons. The number of benzene rings is 2. The molecule has 2 aromatic carbocycles. The smallest absolute Gasteiger partial charge is 0.261 e. The second-order valence-corrected chi connectivity index (χ2v) is 8.18. The Kier molecular flexibility index (Phi) is 4.91. The highest BCUT2D eigenvalue weighted by atomic mass is 32.2. The van der Waals surface area contributed by atoms with E-state index in [1.54, 1.807) is 18.2 Å². The van der Waals surface area contributed by atoms with E-state index in [9.17, 15) is 13.2 Å². The maximum absolute atomic E-state index is 12.9. The van der Waals surface area contributed by atoms with E-state index < -0.39 is 10.0 Å². The van der Waals surface area contributed by atoms with Gasteiger partial charge in [0, 0.05) is 6.92 Å². The fraction of sp³-hybridized carbons (Fsp3) is 0.316. The monoisotopic (exact) mass is 374 g/mol. The summed E-state index contributed by atoms with van der Waals surface area (Å²) in [5.74, 6) is 0.536. The topological polar surface area (TPSA) is 75.7 Å². The molecule has 0 atom stereocenters. The summed E-state index contributed by atoms with van der Waals surface area (Å²) in [6.07, 6.45) is 0. The number of fused-ring (bicyclic) bond motifs is 1. The van der Waals surface area contributed by atoms with Crippen molar-refractivity contribution in [3.8, 4) is 5.75 Å². The van der Waals surface area contributed by atoms with Crippen molar-refractivity contribution in [3.63, 3.8) is 0 Å². The predicted octanol–water partition coefficient (Wildman–Crippen LogP) is 3.36. The summed E-state index contributed by atoms with van der Waals surface area (Å²) < 4.78 is 34.0. The Morgan fingerprint density at radius 2 is 1.92 bits per heavy atom. The van der Waals surface area contributed by atoms with Crippen LogP contribution in [0.3, 0.4) is 0 Å². The average Bonchev–Trinajstić information content (AvgIpc) is 2.60. The van der Waals surface area contributed by atoms with E-state index in [4.69, 9.17) is 4.74 Å². The molecule has 0 saturated carbocycles. The summed E-state index contributed by atoms with van der Waals surface area (Å²) in [5, 5.41) is 0. The molecule has 1 aliphatic rings. The molecule has 26 heavy (non-hydrogen) atoms. The summed E-state index contributed by atoms with van der Waals surface area (Å²) in [6, 6.07) is 11.9. The summed E-state index contributed by atoms with van der Waals surface area (Å²) in [4.78, 5) is 13.5. The Hall–Kier alpha value is -2.54. The van der Waals surface area contributed by atoms with Gasteiger partial charge in [0.05, 0.1) is 22.8 Å².